The van der Waals surface area contributed by atoms with Crippen LogP contribution >= 0.6 is 11.6 Å². The Labute approximate surface area is 93.4 Å². The third kappa shape index (κ3) is 2.90. The number of ether oxygens (including phenoxy) is 1. The van der Waals surface area contributed by atoms with Gasteiger partial charge in [-0.1, -0.05) is 0 Å². The van der Waals surface area contributed by atoms with Crippen molar-refractivity contribution in [3.63, 3.8) is 0 Å². The zero-order valence-electron chi connectivity index (χ0n) is 7.68. The lowest BCUT2D eigenvalue weighted by Crippen LogP contribution is -2.19. The minimum absolute atomic E-state index is 0.0687. The topological polar surface area (TPSA) is 71.9 Å². The van der Waals surface area contributed by atoms with E-state index in [2.05, 4.69) is 9.72 Å². The molecular formula is C8H5ClF3N3O. The summed E-state index contributed by atoms with van der Waals surface area (Å²) in [6, 6.07) is 2.69. The number of alkyl halides is 4. The molecule has 0 saturated heterocycles. The van der Waals surface area contributed by atoms with Crippen molar-refractivity contribution in [1.29, 1.82) is 5.26 Å². The average Bonchev–Trinajstić information content (AvgIpc) is 2.14. The summed E-state index contributed by atoms with van der Waals surface area (Å²) < 4.78 is 39.6. The van der Waals surface area contributed by atoms with E-state index in [1.807, 2.05) is 0 Å². The molecule has 0 aliphatic heterocycles. The van der Waals surface area contributed by atoms with Crippen LogP contribution < -0.4 is 10.5 Å². The smallest absolute Gasteiger partial charge is 0.398 e. The Morgan fingerprint density at radius 1 is 1.56 bits per heavy atom. The predicted octanol–water partition coefficient (Wildman–Crippen LogP) is 2.17. The van der Waals surface area contributed by atoms with E-state index in [9.17, 15) is 13.2 Å². The van der Waals surface area contributed by atoms with Gasteiger partial charge in [-0.3, -0.25) is 0 Å². The van der Waals surface area contributed by atoms with E-state index in [1.165, 1.54) is 0 Å². The van der Waals surface area contributed by atoms with Gasteiger partial charge in [0.1, 0.15) is 11.8 Å². The number of halogens is 4. The van der Waals surface area contributed by atoms with E-state index in [0.717, 1.165) is 6.07 Å². The van der Waals surface area contributed by atoms with Crippen LogP contribution in [0, 0.1) is 11.3 Å². The van der Waals surface area contributed by atoms with Crippen molar-refractivity contribution in [2.24, 2.45) is 0 Å². The first-order chi connectivity index (χ1) is 7.37. The van der Waals surface area contributed by atoms with Crippen LogP contribution in [-0.4, -0.2) is 11.3 Å². The summed E-state index contributed by atoms with van der Waals surface area (Å²) >= 11 is 5.41. The normalized spacial score (nSPS) is 10.9. The van der Waals surface area contributed by atoms with Gasteiger partial charge in [0.15, 0.2) is 0 Å². The Morgan fingerprint density at radius 3 is 2.62 bits per heavy atom. The van der Waals surface area contributed by atoms with Crippen molar-refractivity contribution in [2.75, 3.05) is 5.73 Å². The monoisotopic (exact) mass is 251 g/mol. The number of nitrogens with two attached hydrogens (primary N) is 1. The highest BCUT2D eigenvalue weighted by Gasteiger charge is 2.33. The number of aromatic nitrogens is 1. The van der Waals surface area contributed by atoms with Crippen LogP contribution in [0.1, 0.15) is 11.3 Å². The molecule has 1 aromatic rings. The molecule has 0 unspecified atom stereocenters. The number of pyridine rings is 1. The SMILES string of the molecule is N#Cc1cc(N)c(CCl)c(OC(F)(F)F)n1. The third-order valence-corrected chi connectivity index (χ3v) is 1.85. The molecule has 16 heavy (non-hydrogen) atoms. The van der Waals surface area contributed by atoms with E-state index in [0.29, 0.717) is 0 Å². The van der Waals surface area contributed by atoms with E-state index in [4.69, 9.17) is 22.6 Å². The molecule has 4 nitrogen and oxygen atoms in total. The Bertz CT molecular complexity index is 441. The molecule has 1 aromatic heterocycles. The van der Waals surface area contributed by atoms with Crippen molar-refractivity contribution in [3.8, 4) is 11.9 Å². The van der Waals surface area contributed by atoms with Gasteiger partial charge in [0, 0.05) is 5.69 Å². The average molecular weight is 252 g/mol. The molecule has 0 bridgehead atoms. The van der Waals surface area contributed by atoms with Gasteiger partial charge < -0.3 is 10.5 Å². The zero-order valence-corrected chi connectivity index (χ0v) is 8.43. The molecule has 8 heteroatoms. The van der Waals surface area contributed by atoms with Crippen molar-refractivity contribution in [1.82, 2.24) is 4.98 Å². The summed E-state index contributed by atoms with van der Waals surface area (Å²) in [5.41, 5.74) is 4.96. The zero-order chi connectivity index (χ0) is 12.3. The maximum Gasteiger partial charge on any atom is 0.574 e. The highest BCUT2D eigenvalue weighted by atomic mass is 35.5. The van der Waals surface area contributed by atoms with Gasteiger partial charge in [-0.15, -0.1) is 24.8 Å². The first-order valence-corrected chi connectivity index (χ1v) is 4.42. The van der Waals surface area contributed by atoms with Crippen molar-refractivity contribution in [2.45, 2.75) is 12.2 Å². The molecule has 0 aliphatic rings. The maximum atomic E-state index is 12.0. The van der Waals surface area contributed by atoms with Crippen LogP contribution in [0.15, 0.2) is 6.07 Å². The van der Waals surface area contributed by atoms with E-state index in [-0.39, 0.29) is 22.8 Å². The number of hydrogen-bond donors (Lipinski definition) is 1. The minimum Gasteiger partial charge on any atom is -0.398 e. The fourth-order valence-electron chi connectivity index (χ4n) is 0.953. The number of rotatable bonds is 2. The summed E-state index contributed by atoms with van der Waals surface area (Å²) in [7, 11) is 0. The summed E-state index contributed by atoms with van der Waals surface area (Å²) in [5, 5.41) is 8.51. The van der Waals surface area contributed by atoms with Crippen molar-refractivity contribution < 1.29 is 17.9 Å². The van der Waals surface area contributed by atoms with Crippen LogP contribution in [-0.2, 0) is 5.88 Å². The van der Waals surface area contributed by atoms with Gasteiger partial charge in [0.25, 0.3) is 0 Å². The van der Waals surface area contributed by atoms with Crippen LogP contribution in [0.25, 0.3) is 0 Å². The lowest BCUT2D eigenvalue weighted by molar-refractivity contribution is -0.276. The fraction of sp³-hybridized carbons (Fsp3) is 0.250. The summed E-state index contributed by atoms with van der Waals surface area (Å²) in [4.78, 5) is 3.34. The maximum absolute atomic E-state index is 12.0. The lowest BCUT2D eigenvalue weighted by atomic mass is 10.2. The second-order valence-electron chi connectivity index (χ2n) is 2.67. The molecule has 0 aromatic carbocycles. The molecule has 0 atom stereocenters. The van der Waals surface area contributed by atoms with Crippen LogP contribution in [0.2, 0.25) is 0 Å². The lowest BCUT2D eigenvalue weighted by Gasteiger charge is -2.12. The summed E-state index contributed by atoms with van der Waals surface area (Å²) in [6.07, 6.45) is -4.91. The Kier molecular flexibility index (Phi) is 3.44. The quantitative estimate of drug-likeness (QED) is 0.818. The largest absolute Gasteiger partial charge is 0.574 e. The minimum atomic E-state index is -4.91. The molecule has 0 radical (unpaired) electrons. The van der Waals surface area contributed by atoms with Gasteiger partial charge in [0.2, 0.25) is 5.88 Å². The Morgan fingerprint density at radius 2 is 2.19 bits per heavy atom. The Balaban J connectivity index is 3.24. The van der Waals surface area contributed by atoms with E-state index >= 15 is 0 Å². The van der Waals surface area contributed by atoms with E-state index < -0.39 is 12.2 Å². The van der Waals surface area contributed by atoms with Gasteiger partial charge in [-0.25, -0.2) is 4.98 Å². The second kappa shape index (κ2) is 4.45. The van der Waals surface area contributed by atoms with Gasteiger partial charge >= 0.3 is 6.36 Å². The molecule has 86 valence electrons. The van der Waals surface area contributed by atoms with Crippen LogP contribution in [0.4, 0.5) is 18.9 Å². The predicted molar refractivity (Wildman–Crippen MR) is 49.6 cm³/mol. The molecule has 0 saturated carbocycles. The molecule has 2 N–H and O–H groups in total. The van der Waals surface area contributed by atoms with Crippen LogP contribution in [0.3, 0.4) is 0 Å². The fourth-order valence-corrected chi connectivity index (χ4v) is 1.22. The van der Waals surface area contributed by atoms with Gasteiger partial charge in [-0.2, -0.15) is 5.26 Å². The Hall–Kier alpha value is -1.68. The first-order valence-electron chi connectivity index (χ1n) is 3.88. The van der Waals surface area contributed by atoms with E-state index in [1.54, 1.807) is 6.07 Å². The van der Waals surface area contributed by atoms with Gasteiger partial charge in [0.05, 0.1) is 11.4 Å². The highest BCUT2D eigenvalue weighted by Crippen LogP contribution is 2.29. The molecular weight excluding hydrogens is 247 g/mol. The van der Waals surface area contributed by atoms with Gasteiger partial charge in [-0.05, 0) is 6.07 Å². The number of nitrogens with zero attached hydrogens (tertiary/aromatic N) is 2. The van der Waals surface area contributed by atoms with Crippen molar-refractivity contribution in [3.05, 3.63) is 17.3 Å². The summed E-state index contributed by atoms with van der Waals surface area (Å²) in [6.45, 7) is 0. The molecule has 0 spiro atoms. The number of anilines is 1. The molecule has 0 fully saturated rings. The number of hydrogen-bond acceptors (Lipinski definition) is 4. The highest BCUT2D eigenvalue weighted by molar-refractivity contribution is 6.17. The number of nitriles is 1. The standard InChI is InChI=1S/C8H5ClF3N3O/c9-2-5-6(14)1-4(3-13)15-7(5)16-8(10,11)12/h1H,2H2,(H2,14,15). The van der Waals surface area contributed by atoms with Crippen LogP contribution in [0.5, 0.6) is 5.88 Å². The first kappa shape index (κ1) is 12.4. The molecule has 0 aliphatic carbocycles. The second-order valence-corrected chi connectivity index (χ2v) is 2.94. The number of nitrogen functional groups attached to an aromatic ring is 1. The molecule has 1 rings (SSSR count). The molecule has 1 heterocycles. The summed E-state index contributed by atoms with van der Waals surface area (Å²) in [5.74, 6) is -1.09. The third-order valence-electron chi connectivity index (χ3n) is 1.58. The van der Waals surface area contributed by atoms with Crippen molar-refractivity contribution >= 4 is 17.3 Å². The molecule has 0 amide bonds.